The van der Waals surface area contributed by atoms with Crippen LogP contribution in [0.2, 0.25) is 0 Å². The van der Waals surface area contributed by atoms with Crippen molar-refractivity contribution in [1.82, 2.24) is 5.32 Å². The van der Waals surface area contributed by atoms with Crippen LogP contribution in [-0.4, -0.2) is 30.7 Å². The zero-order chi connectivity index (χ0) is 18.9. The number of phenols is 1. The van der Waals surface area contributed by atoms with Gasteiger partial charge in [-0.2, -0.15) is 0 Å². The van der Waals surface area contributed by atoms with E-state index < -0.39 is 5.97 Å². The van der Waals surface area contributed by atoms with E-state index in [-0.39, 0.29) is 24.3 Å². The summed E-state index contributed by atoms with van der Waals surface area (Å²) in [6.07, 6.45) is 2.72. The minimum atomic E-state index is -0.639. The van der Waals surface area contributed by atoms with Gasteiger partial charge in [-0.3, -0.25) is 4.79 Å². The molecule has 6 nitrogen and oxygen atoms in total. The number of methoxy groups -OCH3 is 1. The average molecular weight is 355 g/mol. The Morgan fingerprint density at radius 3 is 2.62 bits per heavy atom. The second kappa shape index (κ2) is 9.27. The molecule has 1 amide bonds. The van der Waals surface area contributed by atoms with Gasteiger partial charge in [-0.05, 0) is 36.3 Å². The predicted molar refractivity (Wildman–Crippen MR) is 97.7 cm³/mol. The fourth-order valence-corrected chi connectivity index (χ4v) is 2.26. The zero-order valence-electron chi connectivity index (χ0n) is 14.6. The molecule has 0 aliphatic heterocycles. The standard InChI is InChI=1S/C20H21NO5/c1-14(16-6-4-3-5-7-16)21-19(23)13-26-20(24)11-9-15-8-10-17(22)18(12-15)25-2/h3-12,14,22H,13H2,1-2H3,(H,21,23)/b11-9+/t14-/m0/s1. The van der Waals surface area contributed by atoms with E-state index in [1.807, 2.05) is 37.3 Å². The molecule has 2 rings (SSSR count). The van der Waals surface area contributed by atoms with Crippen molar-refractivity contribution in [3.63, 3.8) is 0 Å². The Morgan fingerprint density at radius 1 is 1.19 bits per heavy atom. The highest BCUT2D eigenvalue weighted by molar-refractivity contribution is 5.89. The van der Waals surface area contributed by atoms with Crippen LogP contribution in [0, 0.1) is 0 Å². The summed E-state index contributed by atoms with van der Waals surface area (Å²) in [6, 6.07) is 14.0. The van der Waals surface area contributed by atoms with Crippen LogP contribution in [0.25, 0.3) is 6.08 Å². The van der Waals surface area contributed by atoms with Gasteiger partial charge < -0.3 is 19.9 Å². The highest BCUT2D eigenvalue weighted by Gasteiger charge is 2.10. The highest BCUT2D eigenvalue weighted by atomic mass is 16.5. The fraction of sp³-hybridized carbons (Fsp3) is 0.200. The van der Waals surface area contributed by atoms with Gasteiger partial charge in [0.1, 0.15) is 0 Å². The zero-order valence-corrected chi connectivity index (χ0v) is 14.6. The first-order valence-corrected chi connectivity index (χ1v) is 8.05. The molecule has 26 heavy (non-hydrogen) atoms. The number of amides is 1. The summed E-state index contributed by atoms with van der Waals surface area (Å²) in [7, 11) is 1.44. The molecule has 0 spiro atoms. The molecule has 6 heteroatoms. The van der Waals surface area contributed by atoms with E-state index in [0.29, 0.717) is 11.3 Å². The molecule has 0 radical (unpaired) electrons. The predicted octanol–water partition coefficient (Wildman–Crippen LogP) is 2.83. The highest BCUT2D eigenvalue weighted by Crippen LogP contribution is 2.26. The molecule has 0 heterocycles. The number of nitrogens with one attached hydrogen (secondary N) is 1. The van der Waals surface area contributed by atoms with Crippen LogP contribution < -0.4 is 10.1 Å². The van der Waals surface area contributed by atoms with Crippen LogP contribution in [0.3, 0.4) is 0 Å². The molecule has 0 unspecified atom stereocenters. The Labute approximate surface area is 152 Å². The third kappa shape index (κ3) is 5.66. The van der Waals surface area contributed by atoms with Crippen molar-refractivity contribution < 1.29 is 24.2 Å². The number of rotatable bonds is 7. The smallest absolute Gasteiger partial charge is 0.331 e. The van der Waals surface area contributed by atoms with Gasteiger partial charge in [-0.1, -0.05) is 36.4 Å². The molecule has 0 aliphatic rings. The number of benzene rings is 2. The molecule has 136 valence electrons. The van der Waals surface area contributed by atoms with Crippen molar-refractivity contribution in [1.29, 1.82) is 0 Å². The van der Waals surface area contributed by atoms with E-state index in [1.165, 1.54) is 25.3 Å². The Hall–Kier alpha value is -3.28. The maximum absolute atomic E-state index is 11.9. The average Bonchev–Trinajstić information content (AvgIpc) is 2.66. The van der Waals surface area contributed by atoms with E-state index in [1.54, 1.807) is 12.1 Å². The molecule has 2 aromatic carbocycles. The number of esters is 1. The number of hydrogen-bond donors (Lipinski definition) is 2. The Kier molecular flexibility index (Phi) is 6.79. The SMILES string of the molecule is COc1cc(/C=C/C(=O)OCC(=O)N[C@@H](C)c2ccccc2)ccc1O. The first-order valence-electron chi connectivity index (χ1n) is 8.05. The Balaban J connectivity index is 1.81. The molecule has 0 aromatic heterocycles. The molecule has 0 fully saturated rings. The van der Waals surface area contributed by atoms with Crippen molar-refractivity contribution in [3.8, 4) is 11.5 Å². The second-order valence-electron chi connectivity index (χ2n) is 5.57. The summed E-state index contributed by atoms with van der Waals surface area (Å²) in [5, 5.41) is 12.3. The normalized spacial score (nSPS) is 11.8. The van der Waals surface area contributed by atoms with Gasteiger partial charge in [0.2, 0.25) is 0 Å². The van der Waals surface area contributed by atoms with Gasteiger partial charge in [0.05, 0.1) is 13.2 Å². The molecular formula is C20H21NO5. The summed E-state index contributed by atoms with van der Waals surface area (Å²) in [6.45, 7) is 1.49. The molecular weight excluding hydrogens is 334 g/mol. The number of carbonyl (C=O) groups excluding carboxylic acids is 2. The molecule has 1 atom stereocenters. The summed E-state index contributed by atoms with van der Waals surface area (Å²) in [4.78, 5) is 23.6. The van der Waals surface area contributed by atoms with Crippen LogP contribution in [0.5, 0.6) is 11.5 Å². The lowest BCUT2D eigenvalue weighted by molar-refractivity contribution is -0.144. The number of carbonyl (C=O) groups is 2. The molecule has 0 aliphatic carbocycles. The van der Waals surface area contributed by atoms with E-state index in [9.17, 15) is 14.7 Å². The topological polar surface area (TPSA) is 84.9 Å². The van der Waals surface area contributed by atoms with Crippen LogP contribution in [-0.2, 0) is 14.3 Å². The number of ether oxygens (including phenoxy) is 2. The van der Waals surface area contributed by atoms with Gasteiger partial charge >= 0.3 is 5.97 Å². The van der Waals surface area contributed by atoms with E-state index in [0.717, 1.165) is 5.56 Å². The Bertz CT molecular complexity index is 786. The van der Waals surface area contributed by atoms with Crippen LogP contribution in [0.1, 0.15) is 24.1 Å². The van der Waals surface area contributed by atoms with E-state index >= 15 is 0 Å². The number of hydrogen-bond acceptors (Lipinski definition) is 5. The number of phenolic OH excluding ortho intramolecular Hbond substituents is 1. The monoisotopic (exact) mass is 355 g/mol. The molecule has 2 N–H and O–H groups in total. The van der Waals surface area contributed by atoms with Gasteiger partial charge in [0.25, 0.3) is 5.91 Å². The van der Waals surface area contributed by atoms with E-state index in [4.69, 9.17) is 9.47 Å². The lowest BCUT2D eigenvalue weighted by atomic mass is 10.1. The van der Waals surface area contributed by atoms with Crippen molar-refractivity contribution in [2.24, 2.45) is 0 Å². The lowest BCUT2D eigenvalue weighted by Crippen LogP contribution is -2.30. The molecule has 0 bridgehead atoms. The third-order valence-corrected chi connectivity index (χ3v) is 3.64. The summed E-state index contributed by atoms with van der Waals surface area (Å²) in [5.74, 6) is -0.708. The van der Waals surface area contributed by atoms with Crippen molar-refractivity contribution in [3.05, 3.63) is 65.7 Å². The minimum Gasteiger partial charge on any atom is -0.504 e. The quantitative estimate of drug-likeness (QED) is 0.589. The molecule has 0 saturated carbocycles. The van der Waals surface area contributed by atoms with Gasteiger partial charge in [0, 0.05) is 6.08 Å². The van der Waals surface area contributed by atoms with Crippen LogP contribution in [0.15, 0.2) is 54.6 Å². The van der Waals surface area contributed by atoms with E-state index in [2.05, 4.69) is 5.32 Å². The lowest BCUT2D eigenvalue weighted by Gasteiger charge is -2.13. The van der Waals surface area contributed by atoms with Crippen molar-refractivity contribution in [2.75, 3.05) is 13.7 Å². The third-order valence-electron chi connectivity index (χ3n) is 3.64. The first kappa shape index (κ1) is 19.1. The van der Waals surface area contributed by atoms with Gasteiger partial charge in [-0.25, -0.2) is 4.79 Å². The first-order chi connectivity index (χ1) is 12.5. The van der Waals surface area contributed by atoms with Crippen molar-refractivity contribution >= 4 is 18.0 Å². The summed E-state index contributed by atoms with van der Waals surface area (Å²) >= 11 is 0. The van der Waals surface area contributed by atoms with Crippen LogP contribution >= 0.6 is 0 Å². The number of aromatic hydroxyl groups is 1. The fourth-order valence-electron chi connectivity index (χ4n) is 2.26. The van der Waals surface area contributed by atoms with Crippen molar-refractivity contribution in [2.45, 2.75) is 13.0 Å². The van der Waals surface area contributed by atoms with Gasteiger partial charge in [-0.15, -0.1) is 0 Å². The second-order valence-corrected chi connectivity index (χ2v) is 5.57. The molecule has 2 aromatic rings. The van der Waals surface area contributed by atoms with Crippen LogP contribution in [0.4, 0.5) is 0 Å². The largest absolute Gasteiger partial charge is 0.504 e. The minimum absolute atomic E-state index is 0.0106. The maximum Gasteiger partial charge on any atom is 0.331 e. The summed E-state index contributed by atoms with van der Waals surface area (Å²) < 4.78 is 9.92. The maximum atomic E-state index is 11.9. The molecule has 0 saturated heterocycles. The Morgan fingerprint density at radius 2 is 1.92 bits per heavy atom. The van der Waals surface area contributed by atoms with Gasteiger partial charge in [0.15, 0.2) is 18.1 Å². The summed E-state index contributed by atoms with van der Waals surface area (Å²) in [5.41, 5.74) is 1.62.